The summed E-state index contributed by atoms with van der Waals surface area (Å²) < 4.78 is 15.9. The number of nitrogens with one attached hydrogen (secondary N) is 1. The molecule has 4 aromatic rings. The molecule has 0 spiro atoms. The normalized spacial score (nSPS) is 14.9. The molecular formula is C21H16FN5O2. The molecule has 1 amide bonds. The Balaban J connectivity index is 1.91. The number of aromatic nitrogens is 3. The summed E-state index contributed by atoms with van der Waals surface area (Å²) in [5.74, 6) is -1.80. The van der Waals surface area contributed by atoms with Crippen molar-refractivity contribution < 1.29 is 14.3 Å². The van der Waals surface area contributed by atoms with E-state index < -0.39 is 23.5 Å². The van der Waals surface area contributed by atoms with Crippen LogP contribution in [0.1, 0.15) is 27.7 Å². The number of phenolic OH excluding ortho intramolecular Hbond substituents is 1. The molecule has 8 heteroatoms. The van der Waals surface area contributed by atoms with E-state index in [0.29, 0.717) is 16.8 Å². The number of hydrogen-bond donors (Lipinski definition) is 3. The van der Waals surface area contributed by atoms with Crippen LogP contribution in [0.3, 0.4) is 0 Å². The van der Waals surface area contributed by atoms with Gasteiger partial charge in [0.1, 0.15) is 0 Å². The summed E-state index contributed by atoms with van der Waals surface area (Å²) in [5.41, 5.74) is 9.80. The Kier molecular flexibility index (Phi) is 3.57. The van der Waals surface area contributed by atoms with Gasteiger partial charge in [-0.1, -0.05) is 24.3 Å². The number of primary amides is 1. The van der Waals surface area contributed by atoms with E-state index in [1.54, 1.807) is 6.07 Å². The minimum Gasteiger partial charge on any atom is -0.505 e. The Hall–Kier alpha value is -3.94. The van der Waals surface area contributed by atoms with Crippen LogP contribution in [-0.2, 0) is 7.05 Å². The molecule has 5 rings (SSSR count). The van der Waals surface area contributed by atoms with Gasteiger partial charge in [0.25, 0.3) is 5.91 Å². The predicted molar refractivity (Wildman–Crippen MR) is 106 cm³/mol. The van der Waals surface area contributed by atoms with E-state index in [1.165, 1.54) is 12.1 Å². The quantitative estimate of drug-likeness (QED) is 0.488. The van der Waals surface area contributed by atoms with E-state index in [0.717, 1.165) is 22.2 Å². The van der Waals surface area contributed by atoms with Gasteiger partial charge >= 0.3 is 0 Å². The van der Waals surface area contributed by atoms with Gasteiger partial charge in [0, 0.05) is 41.0 Å². The van der Waals surface area contributed by atoms with Crippen LogP contribution in [0.4, 0.5) is 10.1 Å². The van der Waals surface area contributed by atoms with Crippen LogP contribution < -0.4 is 11.1 Å². The number of aryl methyl sites for hydroxylation is 1. The molecule has 3 heterocycles. The molecule has 0 saturated carbocycles. The molecule has 144 valence electrons. The first-order valence-corrected chi connectivity index (χ1v) is 8.95. The van der Waals surface area contributed by atoms with E-state index in [2.05, 4.69) is 15.5 Å². The first-order valence-electron chi connectivity index (χ1n) is 8.95. The maximum absolute atomic E-state index is 14.1. The monoisotopic (exact) mass is 389 g/mol. The summed E-state index contributed by atoms with van der Waals surface area (Å²) in [6.45, 7) is 0. The van der Waals surface area contributed by atoms with Crippen LogP contribution in [0.5, 0.6) is 5.75 Å². The lowest BCUT2D eigenvalue weighted by Gasteiger charge is -2.20. The third-order valence-corrected chi connectivity index (χ3v) is 5.26. The average molecular weight is 389 g/mol. The molecule has 2 aromatic carbocycles. The zero-order valence-electron chi connectivity index (χ0n) is 15.3. The number of anilines is 1. The number of para-hydroxylation sites is 1. The first-order chi connectivity index (χ1) is 14.0. The fourth-order valence-electron chi connectivity index (χ4n) is 3.96. The fraction of sp³-hybridized carbons (Fsp3) is 0.0952. The van der Waals surface area contributed by atoms with Crippen molar-refractivity contribution >= 4 is 22.6 Å². The Morgan fingerprint density at radius 3 is 2.79 bits per heavy atom. The lowest BCUT2D eigenvalue weighted by Crippen LogP contribution is -2.16. The Bertz CT molecular complexity index is 1310. The Morgan fingerprint density at radius 1 is 1.24 bits per heavy atom. The number of aromatic hydroxyl groups is 1. The number of rotatable bonds is 2. The van der Waals surface area contributed by atoms with Gasteiger partial charge in [-0.3, -0.25) is 4.79 Å². The van der Waals surface area contributed by atoms with Gasteiger partial charge in [0.15, 0.2) is 22.9 Å². The molecular weight excluding hydrogens is 373 g/mol. The third-order valence-electron chi connectivity index (χ3n) is 5.26. The molecule has 0 fully saturated rings. The lowest BCUT2D eigenvalue weighted by molar-refractivity contribution is 0.0995. The van der Waals surface area contributed by atoms with Gasteiger partial charge < -0.3 is 20.7 Å². The van der Waals surface area contributed by atoms with Crippen molar-refractivity contribution in [3.63, 3.8) is 0 Å². The number of amides is 1. The molecule has 29 heavy (non-hydrogen) atoms. The van der Waals surface area contributed by atoms with Crippen molar-refractivity contribution in [2.45, 2.75) is 6.04 Å². The van der Waals surface area contributed by atoms with Crippen molar-refractivity contribution in [2.75, 3.05) is 5.32 Å². The smallest absolute Gasteiger partial charge is 0.269 e. The maximum Gasteiger partial charge on any atom is 0.269 e. The number of hydrogen-bond acceptors (Lipinski definition) is 5. The lowest BCUT2D eigenvalue weighted by atomic mass is 9.95. The number of fused-ring (bicyclic) bond motifs is 2. The van der Waals surface area contributed by atoms with Crippen molar-refractivity contribution in [1.29, 1.82) is 0 Å². The number of phenols is 1. The second kappa shape index (κ2) is 6.03. The molecule has 4 N–H and O–H groups in total. The predicted octanol–water partition coefficient (Wildman–Crippen LogP) is 3.09. The van der Waals surface area contributed by atoms with Gasteiger partial charge in [-0.2, -0.15) is 0 Å². The highest BCUT2D eigenvalue weighted by molar-refractivity contribution is 6.10. The van der Waals surface area contributed by atoms with Gasteiger partial charge in [-0.15, -0.1) is 10.2 Å². The maximum atomic E-state index is 14.1. The highest BCUT2D eigenvalue weighted by Crippen LogP contribution is 2.45. The van der Waals surface area contributed by atoms with Crippen molar-refractivity contribution in [3.05, 3.63) is 71.3 Å². The molecule has 0 radical (unpaired) electrons. The highest BCUT2D eigenvalue weighted by Gasteiger charge is 2.30. The van der Waals surface area contributed by atoms with Crippen LogP contribution in [0.2, 0.25) is 0 Å². The molecule has 0 saturated heterocycles. The SMILES string of the molecule is Cn1cc2c3c(c(C(N)=O)nnc31)-c1ccccc1NC2c1ccc(O)c(F)c1. The number of benzene rings is 2. The van der Waals surface area contributed by atoms with Crippen molar-refractivity contribution in [2.24, 2.45) is 12.8 Å². The van der Waals surface area contributed by atoms with Crippen LogP contribution in [0.25, 0.3) is 22.2 Å². The van der Waals surface area contributed by atoms with E-state index in [1.807, 2.05) is 42.1 Å². The second-order valence-electron chi connectivity index (χ2n) is 7.02. The van der Waals surface area contributed by atoms with Gasteiger partial charge in [0.05, 0.1) is 6.04 Å². The first kappa shape index (κ1) is 17.2. The van der Waals surface area contributed by atoms with E-state index in [-0.39, 0.29) is 5.69 Å². The summed E-state index contributed by atoms with van der Waals surface area (Å²) in [4.78, 5) is 12.1. The van der Waals surface area contributed by atoms with E-state index in [4.69, 9.17) is 5.73 Å². The second-order valence-corrected chi connectivity index (χ2v) is 7.02. The average Bonchev–Trinajstić information content (AvgIpc) is 2.96. The highest BCUT2D eigenvalue weighted by atomic mass is 19.1. The van der Waals surface area contributed by atoms with Crippen LogP contribution >= 0.6 is 0 Å². The van der Waals surface area contributed by atoms with Crippen molar-refractivity contribution in [3.8, 4) is 16.9 Å². The summed E-state index contributed by atoms with van der Waals surface area (Å²) in [7, 11) is 1.83. The fourth-order valence-corrected chi connectivity index (χ4v) is 3.96. The molecule has 1 aliphatic rings. The number of nitrogens with two attached hydrogens (primary N) is 1. The molecule has 1 atom stereocenters. The Morgan fingerprint density at radius 2 is 2.03 bits per heavy atom. The van der Waals surface area contributed by atoms with Crippen LogP contribution in [-0.4, -0.2) is 25.8 Å². The number of nitrogens with zero attached hydrogens (tertiary/aromatic N) is 3. The summed E-state index contributed by atoms with van der Waals surface area (Å²) in [6.07, 6.45) is 1.88. The molecule has 7 nitrogen and oxygen atoms in total. The van der Waals surface area contributed by atoms with Crippen LogP contribution in [0.15, 0.2) is 48.7 Å². The van der Waals surface area contributed by atoms with E-state index in [9.17, 15) is 14.3 Å². The molecule has 1 aliphatic heterocycles. The number of carbonyl (C=O) groups is 1. The van der Waals surface area contributed by atoms with E-state index >= 15 is 0 Å². The third kappa shape index (κ3) is 2.46. The minimum absolute atomic E-state index is 0.0803. The van der Waals surface area contributed by atoms with Gasteiger partial charge in [-0.05, 0) is 23.8 Å². The number of halogens is 1. The summed E-state index contributed by atoms with van der Waals surface area (Å²) in [6, 6.07) is 11.3. The molecule has 1 unspecified atom stereocenters. The summed E-state index contributed by atoms with van der Waals surface area (Å²) in [5, 5.41) is 22.1. The summed E-state index contributed by atoms with van der Waals surface area (Å²) >= 11 is 0. The van der Waals surface area contributed by atoms with Crippen LogP contribution in [0, 0.1) is 5.82 Å². The standard InChI is InChI=1S/C21H16FN5O2/c1-27-9-12-17-16(19(20(23)29)25-26-21(17)27)11-4-2-3-5-14(11)24-18(12)10-6-7-15(28)13(22)8-10/h2-9,18,24,28H,1H3,(H2,23,29). The molecule has 2 aromatic heterocycles. The zero-order chi connectivity index (χ0) is 20.3. The molecule has 0 bridgehead atoms. The zero-order valence-corrected chi connectivity index (χ0v) is 15.3. The van der Waals surface area contributed by atoms with Gasteiger partial charge in [-0.25, -0.2) is 4.39 Å². The van der Waals surface area contributed by atoms with Gasteiger partial charge in [0.2, 0.25) is 0 Å². The largest absolute Gasteiger partial charge is 0.505 e. The molecule has 0 aliphatic carbocycles. The van der Waals surface area contributed by atoms with Crippen molar-refractivity contribution in [1.82, 2.24) is 14.8 Å². The Labute approximate surface area is 164 Å². The number of carbonyl (C=O) groups excluding carboxylic acids is 1. The minimum atomic E-state index is -0.708. The topological polar surface area (TPSA) is 106 Å².